The Hall–Kier alpha value is -1.83. The number of carboxylic acids is 1. The fourth-order valence-corrected chi connectivity index (χ4v) is 8.27. The Morgan fingerprint density at radius 2 is 1.09 bits per heavy atom. The molecule has 1 N–H and O–H groups in total. The topological polar surface area (TPSA) is 74.7 Å². The number of hydrogen-bond acceptors (Lipinski definition) is 4. The van der Waals surface area contributed by atoms with E-state index in [2.05, 4.69) is 13.8 Å². The van der Waals surface area contributed by atoms with Gasteiger partial charge < -0.3 is 5.11 Å². The molecular weight excluding hydrogens is 599 g/mol. The first-order chi connectivity index (χ1) is 21.9. The average Bonchev–Trinajstić information content (AvgIpc) is 3.04. The maximum atomic E-state index is 13.9. The summed E-state index contributed by atoms with van der Waals surface area (Å²) in [5, 5.41) is 9.98. The van der Waals surface area contributed by atoms with Gasteiger partial charge in [0, 0.05) is 23.7 Å². The lowest BCUT2D eigenvalue weighted by Gasteiger charge is -2.23. The summed E-state index contributed by atoms with van der Waals surface area (Å²) in [6, 6.07) is 14.5. The lowest BCUT2D eigenvalue weighted by Crippen LogP contribution is -2.33. The monoisotopic (exact) mass is 659 g/mol. The van der Waals surface area contributed by atoms with Crippen LogP contribution < -0.4 is 0 Å². The number of carbonyl (C=O) groups is 1. The molecule has 0 aliphatic heterocycles. The SMILES string of the molecule is CCCCCCCCCCCCN(CCCCCCCCCCCC)S(=O)(=O)c1ccc(SCc2ccccc2)c(C(=O)O)c1. The molecule has 0 atom stereocenters. The van der Waals surface area contributed by atoms with Gasteiger partial charge in [-0.1, -0.05) is 160 Å². The van der Waals surface area contributed by atoms with Crippen LogP contribution in [0.15, 0.2) is 58.3 Å². The zero-order valence-corrected chi connectivity index (χ0v) is 30.0. The van der Waals surface area contributed by atoms with Gasteiger partial charge in [-0.05, 0) is 36.6 Å². The number of thioether (sulfide) groups is 1. The quantitative estimate of drug-likeness (QED) is 0.0727. The van der Waals surface area contributed by atoms with Crippen LogP contribution in [0.2, 0.25) is 0 Å². The molecule has 0 saturated carbocycles. The van der Waals surface area contributed by atoms with E-state index in [1.165, 1.54) is 108 Å². The van der Waals surface area contributed by atoms with Gasteiger partial charge in [0.2, 0.25) is 10.0 Å². The van der Waals surface area contributed by atoms with Gasteiger partial charge in [0.05, 0.1) is 10.5 Å². The van der Waals surface area contributed by atoms with Gasteiger partial charge in [0.25, 0.3) is 0 Å². The van der Waals surface area contributed by atoms with E-state index >= 15 is 0 Å². The van der Waals surface area contributed by atoms with Gasteiger partial charge in [-0.2, -0.15) is 4.31 Å². The van der Waals surface area contributed by atoms with Gasteiger partial charge in [-0.15, -0.1) is 11.8 Å². The lowest BCUT2D eigenvalue weighted by atomic mass is 10.1. The maximum absolute atomic E-state index is 13.9. The highest BCUT2D eigenvalue weighted by Crippen LogP contribution is 2.30. The van der Waals surface area contributed by atoms with Gasteiger partial charge >= 0.3 is 5.97 Å². The number of hydrogen-bond donors (Lipinski definition) is 1. The third-order valence-electron chi connectivity index (χ3n) is 8.58. The van der Waals surface area contributed by atoms with E-state index < -0.39 is 16.0 Å². The highest BCUT2D eigenvalue weighted by molar-refractivity contribution is 7.98. The smallest absolute Gasteiger partial charge is 0.336 e. The molecule has 0 heterocycles. The van der Waals surface area contributed by atoms with Crippen LogP contribution >= 0.6 is 11.8 Å². The molecule has 7 heteroatoms. The standard InChI is InChI=1S/C38H61NO4S2/c1-3-5-7-9-11-13-15-17-19-24-30-39(31-25-20-18-16-14-12-10-8-6-4-2)45(42,43)35-28-29-37(36(32-35)38(40)41)44-33-34-26-22-21-23-27-34/h21-23,26-29,32H,3-20,24-25,30-31,33H2,1-2H3,(H,40,41). The Bertz CT molecular complexity index is 1130. The van der Waals surface area contributed by atoms with Crippen molar-refractivity contribution in [2.45, 2.75) is 158 Å². The van der Waals surface area contributed by atoms with Crippen molar-refractivity contribution in [1.29, 1.82) is 0 Å². The predicted octanol–water partition coefficient (Wildman–Crippen LogP) is 11.5. The third kappa shape index (κ3) is 16.5. The zero-order chi connectivity index (χ0) is 32.6. The van der Waals surface area contributed by atoms with Gasteiger partial charge in [0.1, 0.15) is 0 Å². The average molecular weight is 660 g/mol. The summed E-state index contributed by atoms with van der Waals surface area (Å²) in [7, 11) is -3.80. The van der Waals surface area contributed by atoms with Gasteiger partial charge in [0.15, 0.2) is 0 Å². The molecule has 5 nitrogen and oxygen atoms in total. The second-order valence-electron chi connectivity index (χ2n) is 12.5. The summed E-state index contributed by atoms with van der Waals surface area (Å²) < 4.78 is 29.4. The van der Waals surface area contributed by atoms with Crippen LogP contribution in [0.3, 0.4) is 0 Å². The Balaban J connectivity index is 1.98. The van der Waals surface area contributed by atoms with Crippen LogP contribution in [-0.2, 0) is 15.8 Å². The first-order valence-corrected chi connectivity index (χ1v) is 20.4. The van der Waals surface area contributed by atoms with Crippen LogP contribution in [0.25, 0.3) is 0 Å². The van der Waals surface area contributed by atoms with Crippen LogP contribution in [0, 0.1) is 0 Å². The second-order valence-corrected chi connectivity index (χ2v) is 15.5. The Morgan fingerprint density at radius 1 is 0.644 bits per heavy atom. The van der Waals surface area contributed by atoms with Crippen LogP contribution in [0.5, 0.6) is 0 Å². The van der Waals surface area contributed by atoms with E-state index in [1.54, 1.807) is 16.4 Å². The molecule has 0 amide bonds. The third-order valence-corrected chi connectivity index (χ3v) is 11.6. The first-order valence-electron chi connectivity index (χ1n) is 17.9. The zero-order valence-electron chi connectivity index (χ0n) is 28.3. The summed E-state index contributed by atoms with van der Waals surface area (Å²) in [6.45, 7) is 5.46. The largest absolute Gasteiger partial charge is 0.478 e. The van der Waals surface area contributed by atoms with E-state index in [1.807, 2.05) is 30.3 Å². The molecular formula is C38H61NO4S2. The minimum atomic E-state index is -3.80. The van der Waals surface area contributed by atoms with E-state index in [-0.39, 0.29) is 10.5 Å². The Labute approximate surface area is 280 Å². The molecule has 0 bridgehead atoms. The molecule has 254 valence electrons. The molecule has 45 heavy (non-hydrogen) atoms. The Morgan fingerprint density at radius 3 is 1.53 bits per heavy atom. The van der Waals surface area contributed by atoms with E-state index in [4.69, 9.17) is 0 Å². The van der Waals surface area contributed by atoms with Crippen LogP contribution in [-0.4, -0.2) is 36.9 Å². The van der Waals surface area contributed by atoms with Crippen molar-refractivity contribution in [1.82, 2.24) is 4.31 Å². The molecule has 2 aromatic rings. The summed E-state index contributed by atoms with van der Waals surface area (Å²) >= 11 is 1.42. The number of carboxylic acid groups (broad SMARTS) is 1. The Kier molecular flexibility index (Phi) is 21.3. The number of nitrogens with zero attached hydrogens (tertiary/aromatic N) is 1. The van der Waals surface area contributed by atoms with Gasteiger partial charge in [-0.3, -0.25) is 0 Å². The minimum absolute atomic E-state index is 0.0508. The highest BCUT2D eigenvalue weighted by Gasteiger charge is 2.26. The molecule has 0 spiro atoms. The molecule has 0 fully saturated rings. The summed E-state index contributed by atoms with van der Waals surface area (Å²) in [4.78, 5) is 12.9. The summed E-state index contributed by atoms with van der Waals surface area (Å²) in [5.74, 6) is -0.477. The molecule has 0 saturated heterocycles. The fourth-order valence-electron chi connectivity index (χ4n) is 5.75. The van der Waals surface area contributed by atoms with Crippen molar-refractivity contribution in [3.05, 3.63) is 59.7 Å². The van der Waals surface area contributed by atoms with Crippen molar-refractivity contribution >= 4 is 27.8 Å². The van der Waals surface area contributed by atoms with E-state index in [0.717, 1.165) is 44.1 Å². The molecule has 0 aliphatic rings. The van der Waals surface area contributed by atoms with Crippen molar-refractivity contribution in [2.24, 2.45) is 0 Å². The number of sulfonamides is 1. The highest BCUT2D eigenvalue weighted by atomic mass is 32.2. The summed E-state index contributed by atoms with van der Waals surface area (Å²) in [5.41, 5.74) is 1.14. The van der Waals surface area contributed by atoms with Gasteiger partial charge in [-0.25, -0.2) is 13.2 Å². The molecule has 2 rings (SSSR count). The normalized spacial score (nSPS) is 11.8. The molecule has 0 radical (unpaired) electrons. The summed E-state index contributed by atoms with van der Waals surface area (Å²) in [6.07, 6.45) is 24.0. The molecule has 0 unspecified atom stereocenters. The predicted molar refractivity (Wildman–Crippen MR) is 192 cm³/mol. The van der Waals surface area contributed by atoms with Crippen molar-refractivity contribution in [3.63, 3.8) is 0 Å². The van der Waals surface area contributed by atoms with Crippen LogP contribution in [0.4, 0.5) is 0 Å². The lowest BCUT2D eigenvalue weighted by molar-refractivity contribution is 0.0692. The molecule has 0 aliphatic carbocycles. The number of benzene rings is 2. The van der Waals surface area contributed by atoms with E-state index in [0.29, 0.717) is 23.7 Å². The second kappa shape index (κ2) is 24.4. The van der Waals surface area contributed by atoms with E-state index in [9.17, 15) is 18.3 Å². The first kappa shape index (κ1) is 39.3. The number of aromatic carboxylic acids is 1. The molecule has 0 aromatic heterocycles. The molecule has 2 aromatic carbocycles. The maximum Gasteiger partial charge on any atom is 0.336 e. The van der Waals surface area contributed by atoms with Crippen molar-refractivity contribution in [2.75, 3.05) is 13.1 Å². The van der Waals surface area contributed by atoms with Crippen LogP contribution in [0.1, 0.15) is 158 Å². The number of rotatable bonds is 28. The van der Waals surface area contributed by atoms with Crippen molar-refractivity contribution in [3.8, 4) is 0 Å². The van der Waals surface area contributed by atoms with Crippen molar-refractivity contribution < 1.29 is 18.3 Å². The fraction of sp³-hybridized carbons (Fsp3) is 0.658. The minimum Gasteiger partial charge on any atom is -0.478 e. The number of unbranched alkanes of at least 4 members (excludes halogenated alkanes) is 18.